The number of alkyl carbamates (subject to hydrolysis) is 1. The molecule has 3 rings (SSSR count). The van der Waals surface area contributed by atoms with Gasteiger partial charge in [0.1, 0.15) is 23.7 Å². The molecule has 11 nitrogen and oxygen atoms in total. The van der Waals surface area contributed by atoms with Crippen LogP contribution in [0.5, 0.6) is 0 Å². The molecule has 42 heavy (non-hydrogen) atoms. The van der Waals surface area contributed by atoms with Crippen LogP contribution in [-0.4, -0.2) is 77.6 Å². The second-order valence-corrected chi connectivity index (χ2v) is 15.3. The summed E-state index contributed by atoms with van der Waals surface area (Å²) in [5, 5.41) is 8.54. The van der Waals surface area contributed by atoms with Crippen LogP contribution in [0.25, 0.3) is 0 Å². The molecule has 0 aromatic rings. The summed E-state index contributed by atoms with van der Waals surface area (Å²) >= 11 is 0. The maximum absolute atomic E-state index is 14.2. The Labute approximate surface area is 250 Å². The van der Waals surface area contributed by atoms with Gasteiger partial charge in [-0.25, -0.2) is 9.59 Å². The number of hydrogen-bond donors (Lipinski definition) is 3. The number of likely N-dealkylation sites (tertiary alicyclic amines) is 1. The number of methoxy groups -OCH3 is 1. The van der Waals surface area contributed by atoms with Gasteiger partial charge in [-0.1, -0.05) is 40.0 Å². The summed E-state index contributed by atoms with van der Waals surface area (Å²) in [6, 6.07) is -2.81. The SMILES string of the molecule is COC(=O)[C@H](C[C@@H]1CC(C)(C)NC1=O)NC(=O)[C@@H]1CC2(CCCCC2)CN1C(=O)[C@@H](NC(=O)OC(C)(C)C)C(C)(C)C. The highest BCUT2D eigenvalue weighted by atomic mass is 16.6. The van der Waals surface area contributed by atoms with E-state index >= 15 is 0 Å². The molecular formula is C31H52N4O7. The molecule has 11 heteroatoms. The van der Waals surface area contributed by atoms with Crippen LogP contribution in [0.2, 0.25) is 0 Å². The summed E-state index contributed by atoms with van der Waals surface area (Å²) in [4.78, 5) is 67.9. The largest absolute Gasteiger partial charge is 0.467 e. The molecule has 0 radical (unpaired) electrons. The Bertz CT molecular complexity index is 1050. The lowest BCUT2D eigenvalue weighted by Crippen LogP contribution is -2.59. The summed E-state index contributed by atoms with van der Waals surface area (Å²) in [6.07, 6.45) is 5.35. The van der Waals surface area contributed by atoms with Gasteiger partial charge in [-0.15, -0.1) is 0 Å². The average molecular weight is 593 g/mol. The van der Waals surface area contributed by atoms with Gasteiger partial charge >= 0.3 is 12.1 Å². The van der Waals surface area contributed by atoms with E-state index in [9.17, 15) is 24.0 Å². The molecule has 2 heterocycles. The zero-order valence-corrected chi connectivity index (χ0v) is 27.0. The van der Waals surface area contributed by atoms with E-state index in [0.717, 1.165) is 32.1 Å². The van der Waals surface area contributed by atoms with Crippen molar-refractivity contribution in [1.82, 2.24) is 20.9 Å². The smallest absolute Gasteiger partial charge is 0.408 e. The lowest BCUT2D eigenvalue weighted by molar-refractivity contribution is -0.147. The van der Waals surface area contributed by atoms with Gasteiger partial charge in [0.05, 0.1) is 7.11 Å². The first-order chi connectivity index (χ1) is 19.3. The quantitative estimate of drug-likeness (QED) is 0.384. The van der Waals surface area contributed by atoms with Crippen molar-refractivity contribution in [1.29, 1.82) is 0 Å². The van der Waals surface area contributed by atoms with Crippen LogP contribution in [0, 0.1) is 16.7 Å². The predicted octanol–water partition coefficient (Wildman–Crippen LogP) is 3.44. The molecule has 238 valence electrons. The van der Waals surface area contributed by atoms with E-state index in [1.165, 1.54) is 7.11 Å². The lowest BCUT2D eigenvalue weighted by atomic mass is 9.72. The third kappa shape index (κ3) is 8.37. The molecule has 2 saturated heterocycles. The van der Waals surface area contributed by atoms with Crippen molar-refractivity contribution in [2.24, 2.45) is 16.7 Å². The van der Waals surface area contributed by atoms with E-state index in [2.05, 4.69) is 16.0 Å². The van der Waals surface area contributed by atoms with E-state index in [-0.39, 0.29) is 23.7 Å². The topological polar surface area (TPSA) is 143 Å². The zero-order chi connectivity index (χ0) is 31.7. The van der Waals surface area contributed by atoms with Crippen molar-refractivity contribution in [2.45, 2.75) is 136 Å². The molecule has 0 unspecified atom stereocenters. The van der Waals surface area contributed by atoms with Gasteiger partial charge in [0.25, 0.3) is 0 Å². The van der Waals surface area contributed by atoms with Crippen LogP contribution in [0.4, 0.5) is 4.79 Å². The maximum Gasteiger partial charge on any atom is 0.408 e. The van der Waals surface area contributed by atoms with E-state index in [0.29, 0.717) is 19.4 Å². The number of carbonyl (C=O) groups excluding carboxylic acids is 5. The zero-order valence-electron chi connectivity index (χ0n) is 27.0. The number of rotatable bonds is 7. The van der Waals surface area contributed by atoms with Gasteiger partial charge in [-0.3, -0.25) is 14.4 Å². The van der Waals surface area contributed by atoms with Gasteiger partial charge in [0, 0.05) is 18.0 Å². The Morgan fingerprint density at radius 2 is 1.62 bits per heavy atom. The Kier molecular flexibility index (Phi) is 9.94. The number of nitrogens with zero attached hydrogens (tertiary/aromatic N) is 1. The van der Waals surface area contributed by atoms with Crippen molar-refractivity contribution in [2.75, 3.05) is 13.7 Å². The van der Waals surface area contributed by atoms with Gasteiger partial charge in [0.2, 0.25) is 17.7 Å². The molecule has 3 N–H and O–H groups in total. The minimum atomic E-state index is -1.04. The molecule has 4 amide bonds. The van der Waals surface area contributed by atoms with Crippen LogP contribution in [0.3, 0.4) is 0 Å². The maximum atomic E-state index is 14.2. The average Bonchev–Trinajstić information content (AvgIpc) is 3.35. The monoisotopic (exact) mass is 592 g/mol. The summed E-state index contributed by atoms with van der Waals surface area (Å²) in [6.45, 7) is 15.1. The van der Waals surface area contributed by atoms with Crippen LogP contribution < -0.4 is 16.0 Å². The summed E-state index contributed by atoms with van der Waals surface area (Å²) in [5.41, 5.74) is -2.03. The summed E-state index contributed by atoms with van der Waals surface area (Å²) in [5.74, 6) is -2.07. The molecule has 0 bridgehead atoms. The fourth-order valence-electron chi connectivity index (χ4n) is 6.72. The number of esters is 1. The van der Waals surface area contributed by atoms with Crippen LogP contribution in [0.15, 0.2) is 0 Å². The molecule has 0 aromatic heterocycles. The molecule has 2 aliphatic heterocycles. The summed E-state index contributed by atoms with van der Waals surface area (Å²) in [7, 11) is 1.25. The highest BCUT2D eigenvalue weighted by Crippen LogP contribution is 2.47. The number of ether oxygens (including phenoxy) is 2. The number of hydrogen-bond acceptors (Lipinski definition) is 7. The fraction of sp³-hybridized carbons (Fsp3) is 0.839. The number of amides is 4. The first kappa shape index (κ1) is 33.6. The van der Waals surface area contributed by atoms with Crippen LogP contribution in [0.1, 0.15) is 107 Å². The Morgan fingerprint density at radius 1 is 1.00 bits per heavy atom. The van der Waals surface area contributed by atoms with Crippen molar-refractivity contribution < 1.29 is 33.4 Å². The van der Waals surface area contributed by atoms with E-state index in [1.807, 2.05) is 34.6 Å². The molecular weight excluding hydrogens is 540 g/mol. The number of carbonyl (C=O) groups is 5. The van der Waals surface area contributed by atoms with Gasteiger partial charge in [-0.05, 0) is 77.6 Å². The third-order valence-corrected chi connectivity index (χ3v) is 8.69. The van der Waals surface area contributed by atoms with E-state index in [4.69, 9.17) is 9.47 Å². The van der Waals surface area contributed by atoms with Crippen molar-refractivity contribution >= 4 is 29.8 Å². The summed E-state index contributed by atoms with van der Waals surface area (Å²) < 4.78 is 10.5. The minimum absolute atomic E-state index is 0.101. The first-order valence-corrected chi connectivity index (χ1v) is 15.3. The highest BCUT2D eigenvalue weighted by molar-refractivity contribution is 5.94. The predicted molar refractivity (Wildman–Crippen MR) is 157 cm³/mol. The molecule has 0 aromatic carbocycles. The Hall–Kier alpha value is -2.85. The standard InChI is InChI=1S/C31H52N4O7/c1-28(2,3)22(33-27(40)42-29(4,5)6)25(38)35-18-31(13-11-10-12-14-31)17-21(35)24(37)32-20(26(39)41-9)15-19-16-30(7,8)34-23(19)36/h19-22H,10-18H2,1-9H3,(H,32,37)(H,33,40)(H,34,36)/t19-,20+,21+,22-/m1/s1. The van der Waals surface area contributed by atoms with Crippen molar-refractivity contribution in [3.63, 3.8) is 0 Å². The number of nitrogens with one attached hydrogen (secondary N) is 3. The van der Waals surface area contributed by atoms with E-state index < -0.39 is 58.6 Å². The third-order valence-electron chi connectivity index (χ3n) is 8.69. The molecule has 1 spiro atoms. The van der Waals surface area contributed by atoms with Gasteiger partial charge in [-0.2, -0.15) is 0 Å². The molecule has 4 atom stereocenters. The van der Waals surface area contributed by atoms with Crippen molar-refractivity contribution in [3.8, 4) is 0 Å². The molecule has 1 aliphatic carbocycles. The lowest BCUT2D eigenvalue weighted by Gasteiger charge is -2.37. The van der Waals surface area contributed by atoms with Crippen LogP contribution in [-0.2, 0) is 28.7 Å². The Morgan fingerprint density at radius 3 is 2.12 bits per heavy atom. The van der Waals surface area contributed by atoms with Gasteiger partial charge < -0.3 is 30.3 Å². The van der Waals surface area contributed by atoms with Gasteiger partial charge in [0.15, 0.2) is 0 Å². The highest BCUT2D eigenvalue weighted by Gasteiger charge is 2.52. The molecule has 3 fully saturated rings. The second kappa shape index (κ2) is 12.4. The fourth-order valence-corrected chi connectivity index (χ4v) is 6.72. The van der Waals surface area contributed by atoms with Crippen LogP contribution >= 0.6 is 0 Å². The minimum Gasteiger partial charge on any atom is -0.467 e. The normalized spacial score (nSPS) is 24.9. The Balaban J connectivity index is 1.87. The second-order valence-electron chi connectivity index (χ2n) is 15.3. The van der Waals surface area contributed by atoms with Crippen molar-refractivity contribution in [3.05, 3.63) is 0 Å². The molecule has 3 aliphatic rings. The molecule has 1 saturated carbocycles. The first-order valence-electron chi connectivity index (χ1n) is 15.3. The van der Waals surface area contributed by atoms with E-state index in [1.54, 1.807) is 25.7 Å².